The molecule has 122 valence electrons. The van der Waals surface area contributed by atoms with Crippen LogP contribution in [0.4, 0.5) is 0 Å². The Bertz CT molecular complexity index is 354. The van der Waals surface area contributed by atoms with E-state index in [1.807, 2.05) is 0 Å². The number of halogens is 1. The Morgan fingerprint density at radius 1 is 1.05 bits per heavy atom. The summed E-state index contributed by atoms with van der Waals surface area (Å²) >= 11 is 5.28. The van der Waals surface area contributed by atoms with E-state index >= 15 is 0 Å². The second kappa shape index (κ2) is 12.6. The van der Waals surface area contributed by atoms with Crippen LogP contribution >= 0.6 is 27.3 Å². The van der Waals surface area contributed by atoms with Gasteiger partial charge in [0, 0.05) is 14.7 Å². The molecule has 0 saturated carbocycles. The zero-order valence-electron chi connectivity index (χ0n) is 13.4. The lowest BCUT2D eigenvalue weighted by molar-refractivity contribution is 0.479. The first-order chi connectivity index (χ1) is 10.3. The lowest BCUT2D eigenvalue weighted by atomic mass is 10.0. The zero-order valence-corrected chi connectivity index (χ0v) is 15.8. The summed E-state index contributed by atoms with van der Waals surface area (Å²) in [5.74, 6) is 5.68. The fourth-order valence-corrected chi connectivity index (χ4v) is 4.20. The number of hydrazine groups is 1. The largest absolute Gasteiger partial charge is 0.271 e. The lowest BCUT2D eigenvalue weighted by Crippen LogP contribution is -2.27. The van der Waals surface area contributed by atoms with Gasteiger partial charge in [0.25, 0.3) is 0 Å². The van der Waals surface area contributed by atoms with Crippen LogP contribution in [0.25, 0.3) is 0 Å². The first-order valence-corrected chi connectivity index (χ1v) is 10.1. The average molecular weight is 375 g/mol. The van der Waals surface area contributed by atoms with Gasteiger partial charge in [0.05, 0.1) is 6.04 Å². The van der Waals surface area contributed by atoms with Crippen molar-refractivity contribution in [2.24, 2.45) is 5.84 Å². The van der Waals surface area contributed by atoms with Gasteiger partial charge in [0.1, 0.15) is 0 Å². The molecule has 4 heteroatoms. The Labute approximate surface area is 143 Å². The Morgan fingerprint density at radius 3 is 2.10 bits per heavy atom. The molecule has 1 heterocycles. The van der Waals surface area contributed by atoms with Gasteiger partial charge in [0.2, 0.25) is 0 Å². The maximum atomic E-state index is 5.68. The summed E-state index contributed by atoms with van der Waals surface area (Å²) in [5.41, 5.74) is 2.95. The van der Waals surface area contributed by atoms with Crippen molar-refractivity contribution in [3.8, 4) is 0 Å². The van der Waals surface area contributed by atoms with E-state index in [1.165, 1.54) is 69.1 Å². The van der Waals surface area contributed by atoms with Crippen LogP contribution in [0.15, 0.2) is 15.9 Å². The predicted octanol–water partition coefficient (Wildman–Crippen LogP) is 6.33. The Balaban J connectivity index is 1.98. The van der Waals surface area contributed by atoms with Crippen molar-refractivity contribution < 1.29 is 0 Å². The standard InChI is InChI=1S/C17H31BrN2S/c1-2-3-4-5-6-7-8-9-10-11-12-16(20-19)17-13-15(18)14-21-17/h13-14,16,20H,2-12,19H2,1H3. The monoisotopic (exact) mass is 374 g/mol. The molecule has 0 aliphatic rings. The van der Waals surface area contributed by atoms with E-state index in [1.54, 1.807) is 11.3 Å². The van der Waals surface area contributed by atoms with Crippen LogP contribution in [0.3, 0.4) is 0 Å². The molecular formula is C17H31BrN2S. The molecule has 0 aliphatic heterocycles. The van der Waals surface area contributed by atoms with Crippen LogP contribution < -0.4 is 11.3 Å². The molecule has 1 unspecified atom stereocenters. The van der Waals surface area contributed by atoms with Crippen LogP contribution in [0.2, 0.25) is 0 Å². The van der Waals surface area contributed by atoms with E-state index in [9.17, 15) is 0 Å². The normalized spacial score (nSPS) is 12.7. The third kappa shape index (κ3) is 8.97. The number of rotatable bonds is 13. The maximum Gasteiger partial charge on any atom is 0.0553 e. The minimum Gasteiger partial charge on any atom is -0.271 e. The molecule has 0 aliphatic carbocycles. The maximum absolute atomic E-state index is 5.68. The number of hydrogen-bond donors (Lipinski definition) is 2. The molecule has 0 aromatic carbocycles. The fourth-order valence-electron chi connectivity index (χ4n) is 2.65. The molecule has 0 bridgehead atoms. The van der Waals surface area contributed by atoms with E-state index in [-0.39, 0.29) is 0 Å². The molecule has 1 aromatic rings. The van der Waals surface area contributed by atoms with Gasteiger partial charge in [-0.15, -0.1) is 11.3 Å². The highest BCUT2D eigenvalue weighted by molar-refractivity contribution is 9.10. The van der Waals surface area contributed by atoms with Crippen LogP contribution in [-0.4, -0.2) is 0 Å². The Kier molecular flexibility index (Phi) is 11.5. The second-order valence-electron chi connectivity index (χ2n) is 5.86. The first kappa shape index (κ1) is 19.1. The number of nitrogens with two attached hydrogens (primary N) is 1. The van der Waals surface area contributed by atoms with Gasteiger partial charge >= 0.3 is 0 Å². The molecule has 0 spiro atoms. The van der Waals surface area contributed by atoms with Crippen molar-refractivity contribution in [1.29, 1.82) is 0 Å². The number of thiophene rings is 1. The van der Waals surface area contributed by atoms with Gasteiger partial charge in [0.15, 0.2) is 0 Å². The summed E-state index contributed by atoms with van der Waals surface area (Å²) in [6.45, 7) is 2.28. The SMILES string of the molecule is CCCCCCCCCCCCC(NN)c1cc(Br)cs1. The van der Waals surface area contributed by atoms with E-state index in [0.29, 0.717) is 6.04 Å². The van der Waals surface area contributed by atoms with Crippen molar-refractivity contribution in [3.05, 3.63) is 20.8 Å². The molecular weight excluding hydrogens is 344 g/mol. The summed E-state index contributed by atoms with van der Waals surface area (Å²) in [7, 11) is 0. The summed E-state index contributed by atoms with van der Waals surface area (Å²) in [5, 5.41) is 2.12. The van der Waals surface area contributed by atoms with Gasteiger partial charge in [-0.2, -0.15) is 0 Å². The molecule has 1 aromatic heterocycles. The summed E-state index contributed by atoms with van der Waals surface area (Å²) in [4.78, 5) is 1.33. The first-order valence-electron chi connectivity index (χ1n) is 8.48. The molecule has 3 N–H and O–H groups in total. The van der Waals surface area contributed by atoms with Gasteiger partial charge in [-0.3, -0.25) is 11.3 Å². The van der Waals surface area contributed by atoms with Crippen molar-refractivity contribution in [1.82, 2.24) is 5.43 Å². The van der Waals surface area contributed by atoms with Crippen molar-refractivity contribution >= 4 is 27.3 Å². The predicted molar refractivity (Wildman–Crippen MR) is 98.5 cm³/mol. The number of nitrogens with one attached hydrogen (secondary N) is 1. The smallest absolute Gasteiger partial charge is 0.0553 e. The number of hydrogen-bond acceptors (Lipinski definition) is 3. The summed E-state index contributed by atoms with van der Waals surface area (Å²) in [6, 6.07) is 2.49. The van der Waals surface area contributed by atoms with Crippen LogP contribution in [0, 0.1) is 0 Å². The summed E-state index contributed by atoms with van der Waals surface area (Å²) in [6.07, 6.45) is 15.0. The highest BCUT2D eigenvalue weighted by atomic mass is 79.9. The van der Waals surface area contributed by atoms with Gasteiger partial charge in [-0.1, -0.05) is 71.1 Å². The molecule has 0 radical (unpaired) electrons. The van der Waals surface area contributed by atoms with Crippen molar-refractivity contribution in [2.75, 3.05) is 0 Å². The molecule has 0 saturated heterocycles. The third-order valence-electron chi connectivity index (χ3n) is 3.98. The minimum absolute atomic E-state index is 0.315. The molecule has 2 nitrogen and oxygen atoms in total. The summed E-state index contributed by atoms with van der Waals surface area (Å²) < 4.78 is 1.16. The quantitative estimate of drug-likeness (QED) is 0.240. The number of unbranched alkanes of at least 4 members (excludes halogenated alkanes) is 9. The topological polar surface area (TPSA) is 38.0 Å². The van der Waals surface area contributed by atoms with Crippen LogP contribution in [-0.2, 0) is 0 Å². The molecule has 0 amide bonds. The minimum atomic E-state index is 0.315. The van der Waals surface area contributed by atoms with Crippen LogP contribution in [0.1, 0.15) is 88.5 Å². The van der Waals surface area contributed by atoms with E-state index < -0.39 is 0 Å². The third-order valence-corrected chi connectivity index (χ3v) is 5.79. The second-order valence-corrected chi connectivity index (χ2v) is 7.72. The zero-order chi connectivity index (χ0) is 15.3. The molecule has 0 fully saturated rings. The molecule has 1 atom stereocenters. The highest BCUT2D eigenvalue weighted by Crippen LogP contribution is 2.28. The van der Waals surface area contributed by atoms with E-state index in [0.717, 1.165) is 10.9 Å². The van der Waals surface area contributed by atoms with Crippen molar-refractivity contribution in [2.45, 2.75) is 83.6 Å². The average Bonchev–Trinajstić information content (AvgIpc) is 2.91. The van der Waals surface area contributed by atoms with Gasteiger partial charge < -0.3 is 0 Å². The van der Waals surface area contributed by atoms with Gasteiger partial charge in [-0.05, 0) is 28.4 Å². The van der Waals surface area contributed by atoms with E-state index in [2.05, 4.69) is 39.7 Å². The Hall–Kier alpha value is 0.1000. The van der Waals surface area contributed by atoms with Crippen molar-refractivity contribution in [3.63, 3.8) is 0 Å². The molecule has 1 rings (SSSR count). The molecule has 21 heavy (non-hydrogen) atoms. The Morgan fingerprint density at radius 2 is 1.62 bits per heavy atom. The van der Waals surface area contributed by atoms with E-state index in [4.69, 9.17) is 5.84 Å². The van der Waals surface area contributed by atoms with Gasteiger partial charge in [-0.25, -0.2) is 0 Å². The fraction of sp³-hybridized carbons (Fsp3) is 0.765. The lowest BCUT2D eigenvalue weighted by Gasteiger charge is -2.13. The highest BCUT2D eigenvalue weighted by Gasteiger charge is 2.11. The van der Waals surface area contributed by atoms with Crippen LogP contribution in [0.5, 0.6) is 0 Å².